The van der Waals surface area contributed by atoms with Crippen LogP contribution in [0.1, 0.15) is 6.92 Å². The fourth-order valence-corrected chi connectivity index (χ4v) is 1.80. The molecule has 0 fully saturated rings. The van der Waals surface area contributed by atoms with E-state index in [1.165, 1.54) is 0 Å². The molecule has 0 aliphatic rings. The number of ether oxygens (including phenoxy) is 2. The van der Waals surface area contributed by atoms with Crippen LogP contribution in [-0.2, 0) is 4.79 Å². The predicted octanol–water partition coefficient (Wildman–Crippen LogP) is 3.16. The summed E-state index contributed by atoms with van der Waals surface area (Å²) in [5.74, 6) is 0.588. The molecular weight excluding hydrogens is 268 g/mol. The van der Waals surface area contributed by atoms with E-state index in [1.54, 1.807) is 31.2 Å². The molecule has 2 aromatic rings. The lowest BCUT2D eigenvalue weighted by molar-refractivity contribution is -0.128. The molecule has 0 saturated carbocycles. The lowest BCUT2D eigenvalue weighted by atomic mass is 10.1. The van der Waals surface area contributed by atoms with Crippen molar-refractivity contribution in [2.45, 2.75) is 13.2 Å². The molecule has 4 nitrogen and oxygen atoms in total. The lowest BCUT2D eigenvalue weighted by Gasteiger charge is -2.09. The van der Waals surface area contributed by atoms with E-state index in [9.17, 15) is 4.79 Å². The SMILES string of the molecule is C=CC(=O)Oc1ccc(-c2ccc(OC(C)O)cc2)cc1. The zero-order valence-electron chi connectivity index (χ0n) is 11.7. The molecule has 108 valence electrons. The van der Waals surface area contributed by atoms with Crippen LogP contribution in [0, 0.1) is 0 Å². The minimum absolute atomic E-state index is 0.470. The summed E-state index contributed by atoms with van der Waals surface area (Å²) in [6.45, 7) is 4.90. The molecule has 4 heteroatoms. The van der Waals surface area contributed by atoms with E-state index in [0.717, 1.165) is 17.2 Å². The molecule has 0 bridgehead atoms. The van der Waals surface area contributed by atoms with Gasteiger partial charge in [-0.25, -0.2) is 4.79 Å². The minimum Gasteiger partial charge on any atom is -0.465 e. The second-order valence-corrected chi connectivity index (χ2v) is 4.39. The smallest absolute Gasteiger partial charge is 0.335 e. The number of benzene rings is 2. The summed E-state index contributed by atoms with van der Waals surface area (Å²) in [5.41, 5.74) is 1.98. The van der Waals surface area contributed by atoms with E-state index in [-0.39, 0.29) is 0 Å². The second kappa shape index (κ2) is 6.72. The first kappa shape index (κ1) is 14.8. The van der Waals surface area contributed by atoms with Crippen molar-refractivity contribution in [3.8, 4) is 22.6 Å². The number of rotatable bonds is 5. The average Bonchev–Trinajstić information content (AvgIpc) is 2.48. The van der Waals surface area contributed by atoms with E-state index < -0.39 is 12.3 Å². The highest BCUT2D eigenvalue weighted by molar-refractivity contribution is 5.83. The Labute approximate surface area is 123 Å². The van der Waals surface area contributed by atoms with Crippen molar-refractivity contribution in [2.75, 3.05) is 0 Å². The molecule has 1 unspecified atom stereocenters. The first-order valence-electron chi connectivity index (χ1n) is 6.48. The molecule has 21 heavy (non-hydrogen) atoms. The number of carbonyl (C=O) groups is 1. The standard InChI is InChI=1S/C17H16O4/c1-3-17(19)21-16-10-6-14(7-11-16)13-4-8-15(9-5-13)20-12(2)18/h3-12,18H,1H2,2H3. The van der Waals surface area contributed by atoms with Gasteiger partial charge in [0.05, 0.1) is 0 Å². The van der Waals surface area contributed by atoms with Gasteiger partial charge >= 0.3 is 5.97 Å². The van der Waals surface area contributed by atoms with E-state index in [2.05, 4.69) is 6.58 Å². The molecule has 0 radical (unpaired) electrons. The molecule has 0 saturated heterocycles. The number of aliphatic hydroxyl groups is 1. The van der Waals surface area contributed by atoms with Crippen molar-refractivity contribution in [1.29, 1.82) is 0 Å². The first-order valence-corrected chi connectivity index (χ1v) is 6.48. The molecule has 0 spiro atoms. The van der Waals surface area contributed by atoms with Gasteiger partial charge in [-0.05, 0) is 42.3 Å². The van der Waals surface area contributed by atoms with E-state index in [0.29, 0.717) is 11.5 Å². The van der Waals surface area contributed by atoms with Gasteiger partial charge in [-0.1, -0.05) is 30.8 Å². The highest BCUT2D eigenvalue weighted by Gasteiger charge is 2.03. The number of hydrogen-bond donors (Lipinski definition) is 1. The Balaban J connectivity index is 2.11. The van der Waals surface area contributed by atoms with Crippen molar-refractivity contribution in [1.82, 2.24) is 0 Å². The van der Waals surface area contributed by atoms with Crippen molar-refractivity contribution >= 4 is 5.97 Å². The van der Waals surface area contributed by atoms with Crippen LogP contribution in [0.5, 0.6) is 11.5 Å². The van der Waals surface area contributed by atoms with Gasteiger partial charge < -0.3 is 14.6 Å². The monoisotopic (exact) mass is 284 g/mol. The highest BCUT2D eigenvalue weighted by atomic mass is 16.6. The highest BCUT2D eigenvalue weighted by Crippen LogP contribution is 2.25. The van der Waals surface area contributed by atoms with Crippen LogP contribution < -0.4 is 9.47 Å². The maximum Gasteiger partial charge on any atom is 0.335 e. The zero-order chi connectivity index (χ0) is 15.2. The summed E-state index contributed by atoms with van der Waals surface area (Å²) in [6.07, 6.45) is 0.282. The topological polar surface area (TPSA) is 55.8 Å². The molecule has 2 aromatic carbocycles. The third-order valence-electron chi connectivity index (χ3n) is 2.73. The average molecular weight is 284 g/mol. The van der Waals surface area contributed by atoms with Crippen LogP contribution >= 0.6 is 0 Å². The van der Waals surface area contributed by atoms with Gasteiger partial charge in [0.25, 0.3) is 0 Å². The normalized spacial score (nSPS) is 11.5. The van der Waals surface area contributed by atoms with Gasteiger partial charge in [0.2, 0.25) is 0 Å². The Hall–Kier alpha value is -2.59. The van der Waals surface area contributed by atoms with Crippen LogP contribution in [0.3, 0.4) is 0 Å². The molecule has 1 N–H and O–H groups in total. The van der Waals surface area contributed by atoms with Crippen molar-refractivity contribution < 1.29 is 19.4 Å². The quantitative estimate of drug-likeness (QED) is 0.396. The molecule has 2 rings (SSSR count). The van der Waals surface area contributed by atoms with Gasteiger partial charge in [-0.2, -0.15) is 0 Å². The summed E-state index contributed by atoms with van der Waals surface area (Å²) in [4.78, 5) is 11.1. The lowest BCUT2D eigenvalue weighted by Crippen LogP contribution is -2.09. The van der Waals surface area contributed by atoms with Crippen LogP contribution in [0.4, 0.5) is 0 Å². The van der Waals surface area contributed by atoms with Gasteiger partial charge in [-0.15, -0.1) is 0 Å². The summed E-state index contributed by atoms with van der Waals surface area (Å²) in [6, 6.07) is 14.5. The van der Waals surface area contributed by atoms with Gasteiger partial charge in [-0.3, -0.25) is 0 Å². The number of esters is 1. The predicted molar refractivity (Wildman–Crippen MR) is 80.0 cm³/mol. The molecule has 1 atom stereocenters. The van der Waals surface area contributed by atoms with E-state index in [1.807, 2.05) is 24.3 Å². The molecular formula is C17H16O4. The van der Waals surface area contributed by atoms with Gasteiger partial charge in [0, 0.05) is 6.08 Å². The molecule has 0 heterocycles. The van der Waals surface area contributed by atoms with Crippen molar-refractivity contribution in [3.63, 3.8) is 0 Å². The van der Waals surface area contributed by atoms with Gasteiger partial charge in [0.1, 0.15) is 11.5 Å². The van der Waals surface area contributed by atoms with Crippen LogP contribution in [0.15, 0.2) is 61.2 Å². The largest absolute Gasteiger partial charge is 0.465 e. The second-order valence-electron chi connectivity index (χ2n) is 4.39. The summed E-state index contributed by atoms with van der Waals surface area (Å²) < 4.78 is 10.2. The van der Waals surface area contributed by atoms with Crippen molar-refractivity contribution in [3.05, 3.63) is 61.2 Å². The molecule has 0 aromatic heterocycles. The summed E-state index contributed by atoms with van der Waals surface area (Å²) in [5, 5.41) is 9.14. The van der Waals surface area contributed by atoms with E-state index in [4.69, 9.17) is 14.6 Å². The number of aliphatic hydroxyl groups excluding tert-OH is 1. The molecule has 0 amide bonds. The molecule has 0 aliphatic carbocycles. The number of hydrogen-bond acceptors (Lipinski definition) is 4. The Morgan fingerprint density at radius 2 is 1.52 bits per heavy atom. The Kier molecular flexibility index (Phi) is 4.74. The Bertz CT molecular complexity index is 612. The summed E-state index contributed by atoms with van der Waals surface area (Å²) in [7, 11) is 0. The fourth-order valence-electron chi connectivity index (χ4n) is 1.80. The van der Waals surface area contributed by atoms with Gasteiger partial charge in [0.15, 0.2) is 6.29 Å². The Morgan fingerprint density at radius 3 is 1.95 bits per heavy atom. The zero-order valence-corrected chi connectivity index (χ0v) is 11.7. The van der Waals surface area contributed by atoms with E-state index >= 15 is 0 Å². The minimum atomic E-state index is -0.838. The maximum absolute atomic E-state index is 11.1. The van der Waals surface area contributed by atoms with Crippen LogP contribution in [-0.4, -0.2) is 17.4 Å². The summed E-state index contributed by atoms with van der Waals surface area (Å²) >= 11 is 0. The number of carbonyl (C=O) groups excluding carboxylic acids is 1. The third-order valence-corrected chi connectivity index (χ3v) is 2.73. The first-order chi connectivity index (χ1) is 10.1. The Morgan fingerprint density at radius 1 is 1.05 bits per heavy atom. The fraction of sp³-hybridized carbons (Fsp3) is 0.118. The van der Waals surface area contributed by atoms with Crippen molar-refractivity contribution in [2.24, 2.45) is 0 Å². The molecule has 0 aliphatic heterocycles. The van der Waals surface area contributed by atoms with Crippen LogP contribution in [0.25, 0.3) is 11.1 Å². The van der Waals surface area contributed by atoms with Crippen LogP contribution in [0.2, 0.25) is 0 Å². The maximum atomic E-state index is 11.1. The third kappa shape index (κ3) is 4.19.